The zero-order chi connectivity index (χ0) is 20.1. The van der Waals surface area contributed by atoms with Gasteiger partial charge in [-0.15, -0.1) is 11.3 Å². The van der Waals surface area contributed by atoms with Gasteiger partial charge in [-0.25, -0.2) is 0 Å². The predicted octanol–water partition coefficient (Wildman–Crippen LogP) is 3.39. The monoisotopic (exact) mass is 408 g/mol. The fraction of sp³-hybridized carbons (Fsp3) is 0.182. The molecule has 0 unspecified atom stereocenters. The highest BCUT2D eigenvalue weighted by Crippen LogP contribution is 2.31. The highest BCUT2D eigenvalue weighted by atomic mass is 32.1. The van der Waals surface area contributed by atoms with E-state index in [1.807, 2.05) is 41.8 Å². The number of anilines is 1. The van der Waals surface area contributed by atoms with Crippen molar-refractivity contribution in [1.29, 1.82) is 0 Å². The van der Waals surface area contributed by atoms with Crippen molar-refractivity contribution in [2.24, 2.45) is 0 Å². The molecule has 1 atom stereocenters. The minimum absolute atomic E-state index is 0.0402. The smallest absolute Gasteiger partial charge is 0.269 e. The number of benzene rings is 2. The Kier molecular flexibility index (Phi) is 5.76. The molecule has 29 heavy (non-hydrogen) atoms. The molecular weight excluding hydrogens is 388 g/mol. The van der Waals surface area contributed by atoms with Gasteiger partial charge in [0.15, 0.2) is 11.5 Å². The summed E-state index contributed by atoms with van der Waals surface area (Å²) in [5.74, 6) is 0.878. The minimum Gasteiger partial charge on any atom is -0.485 e. The molecule has 0 radical (unpaired) electrons. The van der Waals surface area contributed by atoms with E-state index >= 15 is 0 Å². The number of ether oxygens (including phenoxy) is 2. The van der Waals surface area contributed by atoms with Gasteiger partial charge in [0, 0.05) is 10.6 Å². The average Bonchev–Trinajstić information content (AvgIpc) is 3.27. The number of carbonyl (C=O) groups is 2. The van der Waals surface area contributed by atoms with Gasteiger partial charge in [-0.1, -0.05) is 30.3 Å². The number of rotatable bonds is 6. The van der Waals surface area contributed by atoms with Gasteiger partial charge >= 0.3 is 0 Å². The van der Waals surface area contributed by atoms with Gasteiger partial charge < -0.3 is 20.1 Å². The number of fused-ring (bicyclic) bond motifs is 1. The second-order valence-corrected chi connectivity index (χ2v) is 7.62. The summed E-state index contributed by atoms with van der Waals surface area (Å²) in [6.07, 6.45) is -0.428. The highest BCUT2D eigenvalue weighted by molar-refractivity contribution is 7.09. The van der Waals surface area contributed by atoms with Crippen LogP contribution in [-0.2, 0) is 22.6 Å². The lowest BCUT2D eigenvalue weighted by atomic mass is 10.1. The Morgan fingerprint density at radius 3 is 2.55 bits per heavy atom. The molecule has 2 aromatic carbocycles. The molecule has 1 aliphatic rings. The van der Waals surface area contributed by atoms with E-state index in [0.717, 1.165) is 10.4 Å². The fourth-order valence-corrected chi connectivity index (χ4v) is 3.57. The third-order valence-electron chi connectivity index (χ3n) is 4.43. The van der Waals surface area contributed by atoms with E-state index in [1.165, 1.54) is 0 Å². The molecule has 6 nitrogen and oxygen atoms in total. The Balaban J connectivity index is 1.28. The summed E-state index contributed by atoms with van der Waals surface area (Å²) in [6.45, 7) is 0.697. The molecule has 1 aromatic heterocycles. The SMILES string of the molecule is O=C(Cc1ccc(NC(=O)[C@H]2COc3ccccc3O2)cc1)NCc1cccs1. The van der Waals surface area contributed by atoms with Crippen LogP contribution in [0.3, 0.4) is 0 Å². The van der Waals surface area contributed by atoms with Gasteiger partial charge in [-0.3, -0.25) is 9.59 Å². The molecule has 3 aromatic rings. The normalized spacial score (nSPS) is 14.8. The zero-order valence-corrected chi connectivity index (χ0v) is 16.4. The summed E-state index contributed by atoms with van der Waals surface area (Å²) in [5, 5.41) is 7.71. The maximum atomic E-state index is 12.5. The van der Waals surface area contributed by atoms with Gasteiger partial charge in [-0.05, 0) is 41.3 Å². The summed E-state index contributed by atoms with van der Waals surface area (Å²) >= 11 is 1.61. The predicted molar refractivity (Wildman–Crippen MR) is 111 cm³/mol. The van der Waals surface area contributed by atoms with Crippen molar-refractivity contribution in [1.82, 2.24) is 5.32 Å². The standard InChI is InChI=1S/C22H20N2O4S/c25-21(23-13-17-4-3-11-29-17)12-15-7-9-16(10-8-15)24-22(26)20-14-27-18-5-1-2-6-19(18)28-20/h1-11,20H,12-14H2,(H,23,25)(H,24,26)/t20-/m1/s1. The van der Waals surface area contributed by atoms with Crippen molar-refractivity contribution in [3.05, 3.63) is 76.5 Å². The number of thiophene rings is 1. The largest absolute Gasteiger partial charge is 0.485 e. The second kappa shape index (κ2) is 8.79. The molecule has 0 bridgehead atoms. The van der Waals surface area contributed by atoms with Crippen LogP contribution in [0.5, 0.6) is 11.5 Å². The molecule has 4 rings (SSSR count). The van der Waals surface area contributed by atoms with E-state index in [-0.39, 0.29) is 24.8 Å². The van der Waals surface area contributed by atoms with Crippen molar-refractivity contribution >= 4 is 28.8 Å². The lowest BCUT2D eigenvalue weighted by Gasteiger charge is -2.25. The van der Waals surface area contributed by atoms with Gasteiger partial charge in [0.25, 0.3) is 5.91 Å². The number of carbonyl (C=O) groups excluding carboxylic acids is 2. The Hall–Kier alpha value is -3.32. The molecule has 1 aliphatic heterocycles. The maximum Gasteiger partial charge on any atom is 0.269 e. The van der Waals surface area contributed by atoms with E-state index in [4.69, 9.17) is 9.47 Å². The van der Waals surface area contributed by atoms with Crippen LogP contribution >= 0.6 is 11.3 Å². The van der Waals surface area contributed by atoms with Crippen molar-refractivity contribution in [3.63, 3.8) is 0 Å². The summed E-state index contributed by atoms with van der Waals surface area (Å²) in [5.41, 5.74) is 1.51. The van der Waals surface area contributed by atoms with Crippen molar-refractivity contribution in [2.45, 2.75) is 19.1 Å². The first-order valence-corrected chi connectivity index (χ1v) is 10.1. The summed E-state index contributed by atoms with van der Waals surface area (Å²) in [4.78, 5) is 25.6. The van der Waals surface area contributed by atoms with Crippen LogP contribution in [0.25, 0.3) is 0 Å². The Labute approximate surface area is 172 Å². The lowest BCUT2D eigenvalue weighted by molar-refractivity contribution is -0.125. The van der Waals surface area contributed by atoms with E-state index in [1.54, 1.807) is 35.6 Å². The first-order chi connectivity index (χ1) is 14.2. The zero-order valence-electron chi connectivity index (χ0n) is 15.6. The fourth-order valence-electron chi connectivity index (χ4n) is 2.92. The third kappa shape index (κ3) is 4.94. The first-order valence-electron chi connectivity index (χ1n) is 9.25. The van der Waals surface area contributed by atoms with E-state index < -0.39 is 6.10 Å². The van der Waals surface area contributed by atoms with Crippen LogP contribution < -0.4 is 20.1 Å². The molecule has 2 N–H and O–H groups in total. The van der Waals surface area contributed by atoms with Gasteiger partial charge in [0.1, 0.15) is 6.61 Å². The average molecular weight is 408 g/mol. The highest BCUT2D eigenvalue weighted by Gasteiger charge is 2.27. The number of para-hydroxylation sites is 2. The van der Waals surface area contributed by atoms with Crippen LogP contribution in [0.15, 0.2) is 66.0 Å². The van der Waals surface area contributed by atoms with E-state index in [0.29, 0.717) is 23.7 Å². The van der Waals surface area contributed by atoms with E-state index in [9.17, 15) is 9.59 Å². The number of hydrogen-bond donors (Lipinski definition) is 2. The molecule has 148 valence electrons. The molecule has 0 fully saturated rings. The van der Waals surface area contributed by atoms with Crippen LogP contribution in [0, 0.1) is 0 Å². The van der Waals surface area contributed by atoms with Crippen LogP contribution in [0.4, 0.5) is 5.69 Å². The number of amides is 2. The van der Waals surface area contributed by atoms with Crippen LogP contribution in [0.1, 0.15) is 10.4 Å². The molecule has 2 amide bonds. The summed E-state index contributed by atoms with van der Waals surface area (Å²) in [6, 6.07) is 18.4. The minimum atomic E-state index is -0.715. The number of hydrogen-bond acceptors (Lipinski definition) is 5. The van der Waals surface area contributed by atoms with Crippen LogP contribution in [0.2, 0.25) is 0 Å². The maximum absolute atomic E-state index is 12.5. The van der Waals surface area contributed by atoms with Crippen LogP contribution in [-0.4, -0.2) is 24.5 Å². The lowest BCUT2D eigenvalue weighted by Crippen LogP contribution is -2.40. The van der Waals surface area contributed by atoms with Crippen molar-refractivity contribution in [2.75, 3.05) is 11.9 Å². The van der Waals surface area contributed by atoms with Gasteiger partial charge in [0.2, 0.25) is 12.0 Å². The Morgan fingerprint density at radius 1 is 1.00 bits per heavy atom. The first kappa shape index (κ1) is 19.0. The molecule has 0 saturated heterocycles. The molecule has 0 aliphatic carbocycles. The van der Waals surface area contributed by atoms with Crippen molar-refractivity contribution in [3.8, 4) is 11.5 Å². The van der Waals surface area contributed by atoms with Crippen molar-refractivity contribution < 1.29 is 19.1 Å². The Morgan fingerprint density at radius 2 is 1.79 bits per heavy atom. The van der Waals surface area contributed by atoms with Gasteiger partial charge in [0.05, 0.1) is 13.0 Å². The quantitative estimate of drug-likeness (QED) is 0.656. The number of nitrogens with one attached hydrogen (secondary N) is 2. The molecule has 2 heterocycles. The topological polar surface area (TPSA) is 76.7 Å². The summed E-state index contributed by atoms with van der Waals surface area (Å²) < 4.78 is 11.3. The summed E-state index contributed by atoms with van der Waals surface area (Å²) in [7, 11) is 0. The second-order valence-electron chi connectivity index (χ2n) is 6.58. The van der Waals surface area contributed by atoms with E-state index in [2.05, 4.69) is 10.6 Å². The Bertz CT molecular complexity index is 986. The molecule has 0 spiro atoms. The molecular formula is C22H20N2O4S. The molecule has 7 heteroatoms. The molecule has 0 saturated carbocycles. The third-order valence-corrected chi connectivity index (χ3v) is 5.30. The van der Waals surface area contributed by atoms with Gasteiger partial charge in [-0.2, -0.15) is 0 Å².